The topological polar surface area (TPSA) is 89.4 Å². The number of thioether (sulfide) groups is 1. The highest BCUT2D eigenvalue weighted by Crippen LogP contribution is 2.36. The summed E-state index contributed by atoms with van der Waals surface area (Å²) in [6.07, 6.45) is 1.51. The molecular weight excluding hydrogens is 326 g/mol. The van der Waals surface area contributed by atoms with E-state index >= 15 is 0 Å². The van der Waals surface area contributed by atoms with E-state index < -0.39 is 0 Å². The molecule has 6 nitrogen and oxygen atoms in total. The Morgan fingerprint density at radius 2 is 1.79 bits per heavy atom. The van der Waals surface area contributed by atoms with E-state index in [9.17, 15) is 5.11 Å². The standard InChI is InChI=1S/C17H19N3O3S/c1-22-14-8-13(9-15(23-2)16(14)21)10-19-20-17(18)24-11-12-6-4-3-5-7-12/h3-10,21H,11H2,1-2H3,(H2,18,20). The number of phenols is 1. The third-order valence-corrected chi connectivity index (χ3v) is 3.95. The van der Waals surface area contributed by atoms with Gasteiger partial charge in [0, 0.05) is 11.3 Å². The van der Waals surface area contributed by atoms with Gasteiger partial charge in [0.1, 0.15) is 0 Å². The molecule has 0 spiro atoms. The molecule has 3 N–H and O–H groups in total. The molecule has 0 radical (unpaired) electrons. The molecule has 0 saturated heterocycles. The molecule has 2 aromatic carbocycles. The Bertz CT molecular complexity index is 708. The second-order valence-electron chi connectivity index (χ2n) is 4.73. The van der Waals surface area contributed by atoms with Crippen molar-refractivity contribution in [2.75, 3.05) is 14.2 Å². The Labute approximate surface area is 145 Å². The van der Waals surface area contributed by atoms with Crippen LogP contribution in [0.4, 0.5) is 0 Å². The quantitative estimate of drug-likeness (QED) is 0.477. The fourth-order valence-electron chi connectivity index (χ4n) is 1.90. The molecule has 0 aliphatic heterocycles. The first-order valence-corrected chi connectivity index (χ1v) is 8.10. The number of phenolic OH excluding ortho intramolecular Hbond substituents is 1. The molecule has 126 valence electrons. The molecule has 0 amide bonds. The zero-order valence-corrected chi connectivity index (χ0v) is 14.3. The van der Waals surface area contributed by atoms with E-state index in [4.69, 9.17) is 15.2 Å². The van der Waals surface area contributed by atoms with Crippen LogP contribution in [0.25, 0.3) is 0 Å². The van der Waals surface area contributed by atoms with Crippen molar-refractivity contribution in [2.24, 2.45) is 15.9 Å². The molecule has 0 aliphatic carbocycles. The van der Waals surface area contributed by atoms with Crippen LogP contribution in [0.15, 0.2) is 52.7 Å². The van der Waals surface area contributed by atoms with Gasteiger partial charge in [0.15, 0.2) is 16.7 Å². The summed E-state index contributed by atoms with van der Waals surface area (Å²) in [4.78, 5) is 0. The Kier molecular flexibility index (Phi) is 6.51. The minimum absolute atomic E-state index is 0.0569. The maximum absolute atomic E-state index is 9.86. The predicted octanol–water partition coefficient (Wildman–Crippen LogP) is 2.99. The number of nitrogens with two attached hydrogens (primary N) is 1. The predicted molar refractivity (Wildman–Crippen MR) is 98.2 cm³/mol. The van der Waals surface area contributed by atoms with Crippen LogP contribution in [-0.4, -0.2) is 30.7 Å². The van der Waals surface area contributed by atoms with Gasteiger partial charge < -0.3 is 20.3 Å². The minimum atomic E-state index is -0.0569. The first kappa shape index (κ1) is 17.7. The van der Waals surface area contributed by atoms with Crippen LogP contribution >= 0.6 is 11.8 Å². The number of methoxy groups -OCH3 is 2. The van der Waals surface area contributed by atoms with Gasteiger partial charge in [-0.2, -0.15) is 5.10 Å². The first-order valence-electron chi connectivity index (χ1n) is 7.12. The fraction of sp³-hybridized carbons (Fsp3) is 0.176. The van der Waals surface area contributed by atoms with Crippen LogP contribution < -0.4 is 15.2 Å². The zero-order valence-electron chi connectivity index (χ0n) is 13.5. The average molecular weight is 345 g/mol. The lowest BCUT2D eigenvalue weighted by Gasteiger charge is -2.08. The lowest BCUT2D eigenvalue weighted by Crippen LogP contribution is -2.06. The highest BCUT2D eigenvalue weighted by atomic mass is 32.2. The highest BCUT2D eigenvalue weighted by Gasteiger charge is 2.10. The van der Waals surface area contributed by atoms with E-state index in [-0.39, 0.29) is 5.75 Å². The van der Waals surface area contributed by atoms with Gasteiger partial charge in [-0.25, -0.2) is 0 Å². The van der Waals surface area contributed by atoms with Crippen molar-refractivity contribution in [3.63, 3.8) is 0 Å². The Morgan fingerprint density at radius 3 is 2.38 bits per heavy atom. The molecule has 2 rings (SSSR count). The molecule has 0 aliphatic rings. The molecular formula is C17H19N3O3S. The molecule has 0 heterocycles. The van der Waals surface area contributed by atoms with Gasteiger partial charge in [-0.1, -0.05) is 42.1 Å². The van der Waals surface area contributed by atoms with Crippen molar-refractivity contribution in [1.82, 2.24) is 0 Å². The maximum Gasteiger partial charge on any atom is 0.200 e. The lowest BCUT2D eigenvalue weighted by atomic mass is 10.2. The minimum Gasteiger partial charge on any atom is -0.502 e. The summed E-state index contributed by atoms with van der Waals surface area (Å²) in [6.45, 7) is 0. The van der Waals surface area contributed by atoms with Gasteiger partial charge in [-0.15, -0.1) is 5.10 Å². The van der Waals surface area contributed by atoms with E-state index in [1.54, 1.807) is 12.1 Å². The van der Waals surface area contributed by atoms with E-state index in [1.165, 1.54) is 32.2 Å². The molecule has 0 unspecified atom stereocenters. The molecule has 0 aromatic heterocycles. The van der Waals surface area contributed by atoms with Gasteiger partial charge in [-0.05, 0) is 17.7 Å². The van der Waals surface area contributed by atoms with Gasteiger partial charge in [0.05, 0.1) is 20.4 Å². The zero-order chi connectivity index (χ0) is 17.4. The number of hydrogen-bond donors (Lipinski definition) is 2. The monoisotopic (exact) mass is 345 g/mol. The first-order chi connectivity index (χ1) is 11.6. The van der Waals surface area contributed by atoms with Gasteiger partial charge in [0.25, 0.3) is 0 Å². The van der Waals surface area contributed by atoms with Crippen LogP contribution in [0.5, 0.6) is 17.2 Å². The smallest absolute Gasteiger partial charge is 0.200 e. The molecule has 0 bridgehead atoms. The van der Waals surface area contributed by atoms with Crippen molar-refractivity contribution < 1.29 is 14.6 Å². The number of hydrogen-bond acceptors (Lipinski definition) is 6. The van der Waals surface area contributed by atoms with Crippen molar-refractivity contribution >= 4 is 23.1 Å². The summed E-state index contributed by atoms with van der Waals surface area (Å²) in [7, 11) is 2.93. The number of ether oxygens (including phenoxy) is 2. The number of amidine groups is 1. The number of rotatable bonds is 6. The molecule has 24 heavy (non-hydrogen) atoms. The van der Waals surface area contributed by atoms with Crippen molar-refractivity contribution in [1.29, 1.82) is 0 Å². The van der Waals surface area contributed by atoms with Crippen LogP contribution in [0.2, 0.25) is 0 Å². The summed E-state index contributed by atoms with van der Waals surface area (Å²) in [5.74, 6) is 1.27. The number of aromatic hydroxyl groups is 1. The van der Waals surface area contributed by atoms with E-state index in [1.807, 2.05) is 30.3 Å². The van der Waals surface area contributed by atoms with Crippen LogP contribution in [0, 0.1) is 0 Å². The summed E-state index contributed by atoms with van der Waals surface area (Å²) in [5.41, 5.74) is 7.67. The molecule has 0 fully saturated rings. The Hall–Kier alpha value is -2.67. The molecule has 0 atom stereocenters. The Morgan fingerprint density at radius 1 is 1.17 bits per heavy atom. The summed E-state index contributed by atoms with van der Waals surface area (Å²) in [5, 5.41) is 18.1. The highest BCUT2D eigenvalue weighted by molar-refractivity contribution is 8.13. The summed E-state index contributed by atoms with van der Waals surface area (Å²) < 4.78 is 10.2. The van der Waals surface area contributed by atoms with E-state index in [0.717, 1.165) is 11.3 Å². The van der Waals surface area contributed by atoms with Crippen LogP contribution in [-0.2, 0) is 5.75 Å². The second kappa shape index (κ2) is 8.83. The third kappa shape index (κ3) is 4.92. The molecule has 2 aromatic rings. The van der Waals surface area contributed by atoms with Crippen LogP contribution in [0.3, 0.4) is 0 Å². The molecule has 7 heteroatoms. The van der Waals surface area contributed by atoms with Gasteiger partial charge >= 0.3 is 0 Å². The Balaban J connectivity index is 2.02. The fourth-order valence-corrected chi connectivity index (χ4v) is 2.51. The van der Waals surface area contributed by atoms with Gasteiger partial charge in [0.2, 0.25) is 5.75 Å². The number of benzene rings is 2. The third-order valence-electron chi connectivity index (χ3n) is 3.09. The maximum atomic E-state index is 9.86. The van der Waals surface area contributed by atoms with Crippen molar-refractivity contribution in [3.8, 4) is 17.2 Å². The normalized spacial score (nSPS) is 11.7. The number of nitrogens with zero attached hydrogens (tertiary/aromatic N) is 2. The van der Waals surface area contributed by atoms with Crippen LogP contribution in [0.1, 0.15) is 11.1 Å². The van der Waals surface area contributed by atoms with Crippen molar-refractivity contribution in [3.05, 3.63) is 53.6 Å². The summed E-state index contributed by atoms with van der Waals surface area (Å²) >= 11 is 1.41. The largest absolute Gasteiger partial charge is 0.502 e. The van der Waals surface area contributed by atoms with E-state index in [0.29, 0.717) is 22.2 Å². The summed E-state index contributed by atoms with van der Waals surface area (Å²) in [6, 6.07) is 13.2. The van der Waals surface area contributed by atoms with Gasteiger partial charge in [-0.3, -0.25) is 0 Å². The lowest BCUT2D eigenvalue weighted by molar-refractivity contribution is 0.340. The molecule has 0 saturated carbocycles. The average Bonchev–Trinajstić information content (AvgIpc) is 2.62. The SMILES string of the molecule is COc1cc(C=NN=C(N)SCc2ccccc2)cc(OC)c1O. The second-order valence-corrected chi connectivity index (χ2v) is 5.73. The van der Waals surface area contributed by atoms with E-state index in [2.05, 4.69) is 10.2 Å². The van der Waals surface area contributed by atoms with Crippen molar-refractivity contribution in [2.45, 2.75) is 5.75 Å².